The summed E-state index contributed by atoms with van der Waals surface area (Å²) in [6, 6.07) is 1.50. The van der Waals surface area contributed by atoms with E-state index in [9.17, 15) is 9.59 Å². The minimum Gasteiger partial charge on any atom is -0.464 e. The van der Waals surface area contributed by atoms with Crippen LogP contribution in [0.25, 0.3) is 0 Å². The monoisotopic (exact) mass is 327 g/mol. The number of aromatic nitrogens is 1. The Morgan fingerprint density at radius 2 is 1.68 bits per heavy atom. The predicted molar refractivity (Wildman–Crippen MR) is 88.7 cm³/mol. The Morgan fingerprint density at radius 3 is 2.27 bits per heavy atom. The van der Waals surface area contributed by atoms with Crippen molar-refractivity contribution in [2.24, 2.45) is 0 Å². The van der Waals surface area contributed by atoms with E-state index in [4.69, 9.17) is 11.6 Å². The number of unbranched alkanes of at least 4 members (excludes halogenated alkanes) is 7. The van der Waals surface area contributed by atoms with Crippen LogP contribution in [0.5, 0.6) is 0 Å². The van der Waals surface area contributed by atoms with Gasteiger partial charge in [0.05, 0.1) is 17.8 Å². The number of rotatable bonds is 11. The van der Waals surface area contributed by atoms with Crippen LogP contribution in [-0.2, 0) is 4.74 Å². The van der Waals surface area contributed by atoms with Crippen LogP contribution >= 0.6 is 11.6 Å². The lowest BCUT2D eigenvalue weighted by molar-refractivity contribution is 0.0595. The van der Waals surface area contributed by atoms with Gasteiger partial charge in [-0.25, -0.2) is 4.79 Å². The number of ketones is 1. The van der Waals surface area contributed by atoms with Gasteiger partial charge in [0, 0.05) is 6.42 Å². The highest BCUT2D eigenvalue weighted by Gasteiger charge is 2.17. The van der Waals surface area contributed by atoms with Gasteiger partial charge in [0.25, 0.3) is 0 Å². The molecule has 124 valence electrons. The van der Waals surface area contributed by atoms with E-state index in [2.05, 4.69) is 16.6 Å². The SMILES string of the molecule is CCCCCCCCCCC(=O)c1cc(Cl)c(C(=O)OC)[nH]1. The van der Waals surface area contributed by atoms with E-state index in [1.54, 1.807) is 0 Å². The molecular formula is C17H26ClNO3. The Labute approximate surface area is 137 Å². The number of ether oxygens (including phenoxy) is 1. The van der Waals surface area contributed by atoms with Crippen LogP contribution in [0.15, 0.2) is 6.07 Å². The number of carbonyl (C=O) groups excluding carboxylic acids is 2. The van der Waals surface area contributed by atoms with E-state index in [1.165, 1.54) is 51.7 Å². The fourth-order valence-corrected chi connectivity index (χ4v) is 2.62. The molecule has 22 heavy (non-hydrogen) atoms. The number of nitrogens with one attached hydrogen (secondary N) is 1. The van der Waals surface area contributed by atoms with Crippen LogP contribution in [0.4, 0.5) is 0 Å². The molecular weight excluding hydrogens is 302 g/mol. The molecule has 1 N–H and O–H groups in total. The first-order valence-electron chi connectivity index (χ1n) is 8.10. The number of carbonyl (C=O) groups is 2. The molecule has 0 aliphatic rings. The van der Waals surface area contributed by atoms with E-state index >= 15 is 0 Å². The van der Waals surface area contributed by atoms with Gasteiger partial charge in [0.1, 0.15) is 5.69 Å². The van der Waals surface area contributed by atoms with Gasteiger partial charge >= 0.3 is 5.97 Å². The van der Waals surface area contributed by atoms with E-state index in [0.717, 1.165) is 12.8 Å². The first-order chi connectivity index (χ1) is 10.6. The number of hydrogen-bond acceptors (Lipinski definition) is 3. The minimum absolute atomic E-state index is 0.0111. The molecule has 0 fully saturated rings. The quantitative estimate of drug-likeness (QED) is 0.346. The summed E-state index contributed by atoms with van der Waals surface area (Å²) in [5.74, 6) is -0.570. The Morgan fingerprint density at radius 1 is 1.09 bits per heavy atom. The smallest absolute Gasteiger partial charge is 0.356 e. The summed E-state index contributed by atoms with van der Waals surface area (Å²) in [6.45, 7) is 2.21. The molecule has 0 amide bonds. The molecule has 0 aliphatic carbocycles. The largest absolute Gasteiger partial charge is 0.464 e. The molecule has 0 atom stereocenters. The maximum Gasteiger partial charge on any atom is 0.356 e. The van der Waals surface area contributed by atoms with E-state index < -0.39 is 5.97 Å². The summed E-state index contributed by atoms with van der Waals surface area (Å²) in [7, 11) is 1.28. The second kappa shape index (κ2) is 10.4. The Kier molecular flexibility index (Phi) is 8.90. The van der Waals surface area contributed by atoms with Crippen molar-refractivity contribution in [3.63, 3.8) is 0 Å². The third kappa shape index (κ3) is 6.22. The lowest BCUT2D eigenvalue weighted by atomic mass is 10.1. The van der Waals surface area contributed by atoms with Crippen LogP contribution in [0.2, 0.25) is 5.02 Å². The normalized spacial score (nSPS) is 10.7. The minimum atomic E-state index is -0.559. The van der Waals surface area contributed by atoms with Gasteiger partial charge in [0.2, 0.25) is 0 Å². The predicted octanol–water partition coefficient (Wildman–Crippen LogP) is 5.17. The molecule has 0 saturated heterocycles. The highest BCUT2D eigenvalue weighted by molar-refractivity contribution is 6.33. The van der Waals surface area contributed by atoms with Gasteiger partial charge in [-0.1, -0.05) is 63.5 Å². The number of aromatic amines is 1. The number of H-pyrrole nitrogens is 1. The van der Waals surface area contributed by atoms with Crippen LogP contribution in [0, 0.1) is 0 Å². The Balaban J connectivity index is 2.27. The summed E-state index contributed by atoms with van der Waals surface area (Å²) >= 11 is 5.92. The van der Waals surface area contributed by atoms with Crippen molar-refractivity contribution in [1.82, 2.24) is 4.98 Å². The maximum atomic E-state index is 12.1. The number of hydrogen-bond donors (Lipinski definition) is 1. The van der Waals surface area contributed by atoms with Crippen LogP contribution < -0.4 is 0 Å². The summed E-state index contributed by atoms with van der Waals surface area (Å²) in [5, 5.41) is 0.228. The van der Waals surface area contributed by atoms with Gasteiger partial charge in [-0.2, -0.15) is 0 Å². The van der Waals surface area contributed by atoms with Gasteiger partial charge in [0.15, 0.2) is 5.78 Å². The van der Waals surface area contributed by atoms with Crippen molar-refractivity contribution < 1.29 is 14.3 Å². The molecule has 0 aliphatic heterocycles. The van der Waals surface area contributed by atoms with Crippen molar-refractivity contribution >= 4 is 23.4 Å². The average molecular weight is 328 g/mol. The fourth-order valence-electron chi connectivity index (χ4n) is 2.38. The van der Waals surface area contributed by atoms with Crippen molar-refractivity contribution in [2.75, 3.05) is 7.11 Å². The molecule has 1 aromatic heterocycles. The summed E-state index contributed by atoms with van der Waals surface area (Å²) in [4.78, 5) is 26.2. The van der Waals surface area contributed by atoms with E-state index in [1.807, 2.05) is 0 Å². The van der Waals surface area contributed by atoms with Gasteiger partial charge in [-0.3, -0.25) is 4.79 Å². The standard InChI is InChI=1S/C17H26ClNO3/c1-3-4-5-6-7-8-9-10-11-15(20)14-12-13(18)16(19-14)17(21)22-2/h12,19H,3-11H2,1-2H3. The maximum absolute atomic E-state index is 12.1. The number of methoxy groups -OCH3 is 1. The Bertz CT molecular complexity index is 482. The van der Waals surface area contributed by atoms with Crippen LogP contribution in [0.3, 0.4) is 0 Å². The van der Waals surface area contributed by atoms with Crippen molar-refractivity contribution in [2.45, 2.75) is 64.7 Å². The molecule has 0 radical (unpaired) electrons. The molecule has 4 nitrogen and oxygen atoms in total. The second-order valence-electron chi connectivity index (χ2n) is 5.55. The Hall–Kier alpha value is -1.29. The molecule has 0 bridgehead atoms. The molecule has 5 heteroatoms. The summed E-state index contributed by atoms with van der Waals surface area (Å²) in [5.41, 5.74) is 0.525. The fraction of sp³-hybridized carbons (Fsp3) is 0.647. The van der Waals surface area contributed by atoms with E-state index in [0.29, 0.717) is 12.1 Å². The highest BCUT2D eigenvalue weighted by atomic mass is 35.5. The first-order valence-corrected chi connectivity index (χ1v) is 8.48. The van der Waals surface area contributed by atoms with Crippen molar-refractivity contribution in [1.29, 1.82) is 0 Å². The molecule has 1 rings (SSSR count). The topological polar surface area (TPSA) is 59.2 Å². The zero-order valence-electron chi connectivity index (χ0n) is 13.5. The van der Waals surface area contributed by atoms with E-state index in [-0.39, 0.29) is 16.5 Å². The molecule has 1 aromatic rings. The van der Waals surface area contributed by atoms with Crippen molar-refractivity contribution in [3.05, 3.63) is 22.5 Å². The van der Waals surface area contributed by atoms with Gasteiger partial charge < -0.3 is 9.72 Å². The second-order valence-corrected chi connectivity index (χ2v) is 5.95. The first kappa shape index (κ1) is 18.8. The van der Waals surface area contributed by atoms with Gasteiger partial charge in [-0.05, 0) is 12.5 Å². The molecule has 0 spiro atoms. The highest BCUT2D eigenvalue weighted by Crippen LogP contribution is 2.20. The average Bonchev–Trinajstić information content (AvgIpc) is 2.91. The number of halogens is 1. The zero-order valence-corrected chi connectivity index (χ0v) is 14.3. The van der Waals surface area contributed by atoms with Gasteiger partial charge in [-0.15, -0.1) is 0 Å². The van der Waals surface area contributed by atoms with Crippen molar-refractivity contribution in [3.8, 4) is 0 Å². The lowest BCUT2D eigenvalue weighted by Gasteiger charge is -2.01. The third-order valence-electron chi connectivity index (χ3n) is 3.72. The lowest BCUT2D eigenvalue weighted by Crippen LogP contribution is -2.04. The molecule has 0 aromatic carbocycles. The van der Waals surface area contributed by atoms with Crippen LogP contribution in [-0.4, -0.2) is 23.8 Å². The number of esters is 1. The summed E-state index contributed by atoms with van der Waals surface area (Å²) in [6.07, 6.45) is 10.0. The summed E-state index contributed by atoms with van der Waals surface area (Å²) < 4.78 is 4.60. The molecule has 0 saturated carbocycles. The third-order valence-corrected chi connectivity index (χ3v) is 4.01. The zero-order chi connectivity index (χ0) is 16.4. The van der Waals surface area contributed by atoms with Crippen LogP contribution in [0.1, 0.15) is 85.7 Å². The molecule has 0 unspecified atom stereocenters. The molecule has 1 heterocycles. The number of Topliss-reactive ketones (excluding diaryl/α,β-unsaturated/α-hetero) is 1.